The number of nitrogens with one attached hydrogen (secondary N) is 1. The monoisotopic (exact) mass is 429 g/mol. The lowest BCUT2D eigenvalue weighted by atomic mass is 9.84. The Bertz CT molecular complexity index is 1260. The Hall–Kier alpha value is -3.42. The second-order valence-electron chi connectivity index (χ2n) is 7.53. The fourth-order valence-electron chi connectivity index (χ4n) is 4.24. The lowest BCUT2D eigenvalue weighted by Crippen LogP contribution is -2.65. The Kier molecular flexibility index (Phi) is 4.12. The third-order valence-electron chi connectivity index (χ3n) is 5.66. The van der Waals surface area contributed by atoms with E-state index in [1.165, 1.54) is 12.1 Å². The van der Waals surface area contributed by atoms with Gasteiger partial charge in [-0.05, 0) is 23.8 Å². The van der Waals surface area contributed by atoms with Crippen LogP contribution in [0.2, 0.25) is 0 Å². The Morgan fingerprint density at radius 3 is 2.19 bits per heavy atom. The Morgan fingerprint density at radius 1 is 0.806 bits per heavy atom. The van der Waals surface area contributed by atoms with Crippen molar-refractivity contribution in [2.24, 2.45) is 0 Å². The summed E-state index contributed by atoms with van der Waals surface area (Å²) in [6.07, 6.45) is -6.41. The lowest BCUT2D eigenvalue weighted by molar-refractivity contribution is -0.318. The molecule has 0 saturated carbocycles. The van der Waals surface area contributed by atoms with Crippen molar-refractivity contribution in [2.75, 3.05) is 5.32 Å². The molecule has 8 heteroatoms. The minimum atomic E-state index is -5.81. The van der Waals surface area contributed by atoms with E-state index in [0.717, 1.165) is 4.68 Å². The molecule has 2 heterocycles. The summed E-state index contributed by atoms with van der Waals surface area (Å²) in [6, 6.07) is 21.0. The molecule has 0 spiro atoms. The van der Waals surface area contributed by atoms with Gasteiger partial charge in [-0.3, -0.25) is 0 Å². The largest absolute Gasteiger partial charge is 0.457 e. The van der Waals surface area contributed by atoms with Gasteiger partial charge in [-0.15, -0.1) is 0 Å². The maximum absolute atomic E-state index is 15.4. The molecule has 3 nitrogen and oxygen atoms in total. The van der Waals surface area contributed by atoms with Gasteiger partial charge < -0.3 is 5.32 Å². The number of hydrogen-bond donors (Lipinski definition) is 1. The number of aromatic nitrogens is 2. The smallest absolute Gasteiger partial charge is 0.356 e. The molecule has 1 unspecified atom stereocenters. The molecule has 1 N–H and O–H groups in total. The highest BCUT2D eigenvalue weighted by Gasteiger charge is 2.73. The van der Waals surface area contributed by atoms with Gasteiger partial charge >= 0.3 is 12.1 Å². The molecule has 31 heavy (non-hydrogen) atoms. The second kappa shape index (κ2) is 6.54. The zero-order chi connectivity index (χ0) is 21.9. The number of benzene rings is 3. The summed E-state index contributed by atoms with van der Waals surface area (Å²) < 4.78 is 73.2. The van der Waals surface area contributed by atoms with Crippen molar-refractivity contribution in [1.82, 2.24) is 9.78 Å². The number of hydrogen-bond acceptors (Lipinski definition) is 2. The molecule has 1 aliphatic rings. The lowest BCUT2D eigenvalue weighted by Gasteiger charge is -2.45. The van der Waals surface area contributed by atoms with E-state index in [-0.39, 0.29) is 11.4 Å². The first-order chi connectivity index (χ1) is 14.7. The van der Waals surface area contributed by atoms with E-state index in [0.29, 0.717) is 22.0 Å². The molecule has 3 aromatic carbocycles. The molecule has 1 aliphatic heterocycles. The van der Waals surface area contributed by atoms with E-state index in [1.54, 1.807) is 66.7 Å². The highest BCUT2D eigenvalue weighted by molar-refractivity contribution is 5.95. The van der Waals surface area contributed by atoms with Crippen LogP contribution in [-0.2, 0) is 12.1 Å². The molecule has 158 valence electrons. The van der Waals surface area contributed by atoms with Crippen LogP contribution in [0.1, 0.15) is 5.56 Å². The van der Waals surface area contributed by atoms with Crippen LogP contribution in [0.4, 0.5) is 27.6 Å². The van der Waals surface area contributed by atoms with Crippen LogP contribution in [0.5, 0.6) is 0 Å². The number of nitrogens with zero attached hydrogens (tertiary/aromatic N) is 2. The summed E-state index contributed by atoms with van der Waals surface area (Å²) in [4.78, 5) is 0. The maximum atomic E-state index is 15.4. The Morgan fingerprint density at radius 2 is 1.45 bits per heavy atom. The van der Waals surface area contributed by atoms with Gasteiger partial charge in [-0.25, -0.2) is 4.68 Å². The second-order valence-corrected chi connectivity index (χ2v) is 7.53. The van der Waals surface area contributed by atoms with Gasteiger partial charge in [0.15, 0.2) is 0 Å². The van der Waals surface area contributed by atoms with Gasteiger partial charge in [0.1, 0.15) is 0 Å². The van der Waals surface area contributed by atoms with Crippen LogP contribution in [0.15, 0.2) is 78.9 Å². The predicted octanol–water partition coefficient (Wildman–Crippen LogP) is 6.22. The summed E-state index contributed by atoms with van der Waals surface area (Å²) >= 11 is 0. The van der Waals surface area contributed by atoms with Crippen LogP contribution >= 0.6 is 0 Å². The van der Waals surface area contributed by atoms with Gasteiger partial charge in [0, 0.05) is 23.1 Å². The minimum absolute atomic E-state index is 0.135. The van der Waals surface area contributed by atoms with Gasteiger partial charge in [-0.2, -0.15) is 27.1 Å². The van der Waals surface area contributed by atoms with Crippen LogP contribution in [0, 0.1) is 0 Å². The molecule has 0 saturated heterocycles. The first-order valence-corrected chi connectivity index (χ1v) is 9.59. The third kappa shape index (κ3) is 2.74. The third-order valence-corrected chi connectivity index (χ3v) is 5.66. The van der Waals surface area contributed by atoms with E-state index in [2.05, 4.69) is 10.4 Å². The van der Waals surface area contributed by atoms with Gasteiger partial charge in [0.05, 0.1) is 11.2 Å². The van der Waals surface area contributed by atoms with Gasteiger partial charge in [0.25, 0.3) is 0 Å². The van der Waals surface area contributed by atoms with Crippen molar-refractivity contribution in [3.63, 3.8) is 0 Å². The first kappa shape index (κ1) is 19.5. The van der Waals surface area contributed by atoms with Crippen molar-refractivity contribution >= 4 is 16.6 Å². The Labute approximate surface area is 174 Å². The molecule has 5 rings (SSSR count). The summed E-state index contributed by atoms with van der Waals surface area (Å²) in [7, 11) is 0. The average Bonchev–Trinajstić information content (AvgIpc) is 3.14. The topological polar surface area (TPSA) is 29.9 Å². The molecular formula is C23H16F5N3. The molecule has 4 aromatic rings. The number of fused-ring (bicyclic) bond motifs is 5. The summed E-state index contributed by atoms with van der Waals surface area (Å²) in [5, 5.41) is 7.29. The quantitative estimate of drug-likeness (QED) is 0.392. The number of halogens is 5. The zero-order valence-electron chi connectivity index (χ0n) is 16.0. The summed E-state index contributed by atoms with van der Waals surface area (Å²) in [5.41, 5.74) is -1.23. The molecule has 1 atom stereocenters. The van der Waals surface area contributed by atoms with Crippen molar-refractivity contribution in [3.8, 4) is 11.3 Å². The maximum Gasteiger partial charge on any atom is 0.457 e. The number of alkyl halides is 5. The van der Waals surface area contributed by atoms with E-state index >= 15 is 8.78 Å². The standard InChI is InChI=1S/C23H16F5N3/c24-22(25,23(26,27)28)21(29-16-9-2-1-3-10-16)14-15-8-4-5-11-17(15)20-18-12-6-7-13-19(18)30-31(20)21/h1-13,29H,14H2. The summed E-state index contributed by atoms with van der Waals surface area (Å²) in [6.45, 7) is 0. The molecule has 0 aliphatic carbocycles. The normalized spacial score (nSPS) is 18.5. The number of anilines is 1. The molecule has 0 radical (unpaired) electrons. The van der Waals surface area contributed by atoms with Crippen molar-refractivity contribution in [2.45, 2.75) is 24.2 Å². The highest BCUT2D eigenvalue weighted by Crippen LogP contribution is 2.53. The van der Waals surface area contributed by atoms with Crippen LogP contribution in [-0.4, -0.2) is 21.9 Å². The number of para-hydroxylation sites is 1. The van der Waals surface area contributed by atoms with Crippen molar-refractivity contribution < 1.29 is 22.0 Å². The fourth-order valence-corrected chi connectivity index (χ4v) is 4.24. The minimum Gasteiger partial charge on any atom is -0.356 e. The van der Waals surface area contributed by atoms with Crippen LogP contribution in [0.25, 0.3) is 22.2 Å². The molecule has 1 aromatic heterocycles. The van der Waals surface area contributed by atoms with E-state index < -0.39 is 24.2 Å². The number of rotatable bonds is 3. The first-order valence-electron chi connectivity index (χ1n) is 9.59. The van der Waals surface area contributed by atoms with Crippen LogP contribution in [0.3, 0.4) is 0 Å². The highest BCUT2D eigenvalue weighted by atomic mass is 19.4. The van der Waals surface area contributed by atoms with E-state index in [4.69, 9.17) is 0 Å². The van der Waals surface area contributed by atoms with Crippen LogP contribution < -0.4 is 5.32 Å². The van der Waals surface area contributed by atoms with Gasteiger partial charge in [0.2, 0.25) is 5.66 Å². The molecule has 0 bridgehead atoms. The van der Waals surface area contributed by atoms with Crippen molar-refractivity contribution in [3.05, 3.63) is 84.4 Å². The Balaban J connectivity index is 1.88. The molecular weight excluding hydrogens is 413 g/mol. The molecule has 0 fully saturated rings. The van der Waals surface area contributed by atoms with Gasteiger partial charge in [-0.1, -0.05) is 60.7 Å². The van der Waals surface area contributed by atoms with Crippen molar-refractivity contribution in [1.29, 1.82) is 0 Å². The van der Waals surface area contributed by atoms with E-state index in [1.807, 2.05) is 0 Å². The summed E-state index contributed by atoms with van der Waals surface area (Å²) in [5.74, 6) is -5.14. The van der Waals surface area contributed by atoms with E-state index in [9.17, 15) is 13.2 Å². The molecule has 0 amide bonds. The SMILES string of the molecule is FC(F)(F)C(F)(F)C1(Nc2ccccc2)Cc2ccccc2-c2c3ccccc3nn21. The average molecular weight is 429 g/mol. The fraction of sp³-hybridized carbons (Fsp3) is 0.174. The zero-order valence-corrected chi connectivity index (χ0v) is 16.0. The predicted molar refractivity (Wildman–Crippen MR) is 108 cm³/mol.